The fourth-order valence-corrected chi connectivity index (χ4v) is 21.5. The zero-order valence-corrected chi connectivity index (χ0v) is 31.8. The van der Waals surface area contributed by atoms with Crippen LogP contribution in [-0.2, 0) is 38.2 Å². The minimum atomic E-state index is -3.01. The van der Waals surface area contributed by atoms with Crippen LogP contribution in [0, 0.1) is 0 Å². The normalized spacial score (nSPS) is 22.0. The van der Waals surface area contributed by atoms with E-state index in [1.54, 1.807) is 0 Å². The van der Waals surface area contributed by atoms with Gasteiger partial charge < -0.3 is 0 Å². The Hall–Kier alpha value is -1.42. The van der Waals surface area contributed by atoms with Gasteiger partial charge in [0.2, 0.25) is 0 Å². The van der Waals surface area contributed by atoms with Gasteiger partial charge in [-0.1, -0.05) is 0 Å². The molecule has 7 nitrogen and oxygen atoms in total. The van der Waals surface area contributed by atoms with Crippen molar-refractivity contribution in [3.05, 3.63) is 66.2 Å². The Kier molecular flexibility index (Phi) is 16.8. The van der Waals surface area contributed by atoms with E-state index in [2.05, 4.69) is 32.9 Å². The monoisotopic (exact) mass is 784 g/mol. The summed E-state index contributed by atoms with van der Waals surface area (Å²) in [6.07, 6.45) is 4.25. The molecule has 1 aliphatic heterocycles. The number of esters is 2. The first-order chi connectivity index (χ1) is 21.3. The molecule has 0 bridgehead atoms. The van der Waals surface area contributed by atoms with E-state index in [1.807, 2.05) is 48.5 Å². The van der Waals surface area contributed by atoms with Gasteiger partial charge in [-0.05, 0) is 0 Å². The van der Waals surface area contributed by atoms with E-state index in [-0.39, 0.29) is 15.0 Å². The van der Waals surface area contributed by atoms with E-state index in [0.717, 1.165) is 29.3 Å². The fraction of sp³-hybridized carbons (Fsp3) is 0.600. The Bertz CT molecular complexity index is 1080. The van der Waals surface area contributed by atoms with Gasteiger partial charge in [0.05, 0.1) is 0 Å². The molecule has 5 atom stereocenters. The Morgan fingerprint density at radius 3 is 1.80 bits per heavy atom. The van der Waals surface area contributed by atoms with Crippen LogP contribution >= 0.6 is 0 Å². The van der Waals surface area contributed by atoms with Crippen molar-refractivity contribution in [2.24, 2.45) is 0 Å². The Labute approximate surface area is 275 Å². The molecule has 2 aromatic rings. The number of hydrogen-bond donors (Lipinski definition) is 0. The summed E-state index contributed by atoms with van der Waals surface area (Å²) in [5.74, 6) is -0.898. The Balaban J connectivity index is 2.00. The molecule has 244 valence electrons. The first-order valence-electron chi connectivity index (χ1n) is 16.3. The van der Waals surface area contributed by atoms with E-state index in [0.29, 0.717) is 13.2 Å². The number of benzene rings is 2. The topological polar surface area (TPSA) is 80.3 Å². The third-order valence-electron chi connectivity index (χ3n) is 7.99. The van der Waals surface area contributed by atoms with Crippen LogP contribution in [0.5, 0.6) is 0 Å². The molecule has 0 aliphatic carbocycles. The summed E-state index contributed by atoms with van der Waals surface area (Å²) >= 11 is -3.24. The number of unbranched alkanes of at least 4 members (excludes halogenated alkanes) is 3. The summed E-state index contributed by atoms with van der Waals surface area (Å²) in [6, 6.07) is 20.0. The van der Waals surface area contributed by atoms with Crippen molar-refractivity contribution in [2.45, 2.75) is 122 Å². The molecule has 0 aromatic heterocycles. The van der Waals surface area contributed by atoms with Crippen molar-refractivity contribution in [3.8, 4) is 0 Å². The van der Waals surface area contributed by atoms with Crippen LogP contribution in [0.3, 0.4) is 0 Å². The molecule has 44 heavy (non-hydrogen) atoms. The Morgan fingerprint density at radius 1 is 0.750 bits per heavy atom. The second-order valence-corrected chi connectivity index (χ2v) is 26.0. The first-order valence-corrected chi connectivity index (χ1v) is 25.4. The molecule has 9 heteroatoms. The van der Waals surface area contributed by atoms with Crippen molar-refractivity contribution < 1.29 is 31.6 Å². The molecular weight excluding hydrogens is 730 g/mol. The van der Waals surface area contributed by atoms with E-state index in [9.17, 15) is 9.59 Å². The summed E-state index contributed by atoms with van der Waals surface area (Å²) in [4.78, 5) is 24.9. The molecule has 0 radical (unpaired) electrons. The van der Waals surface area contributed by atoms with Crippen LogP contribution in [0.1, 0.15) is 78.7 Å². The second kappa shape index (κ2) is 20.0. The molecule has 0 unspecified atom stereocenters. The third-order valence-corrected chi connectivity index (χ3v) is 23.5. The van der Waals surface area contributed by atoms with Gasteiger partial charge in [-0.25, -0.2) is 0 Å². The first kappa shape index (κ1) is 37.0. The molecule has 0 amide bonds. The van der Waals surface area contributed by atoms with E-state index < -0.39 is 60.1 Å². The van der Waals surface area contributed by atoms with Gasteiger partial charge in [-0.3, -0.25) is 0 Å². The zero-order valence-electron chi connectivity index (χ0n) is 27.2. The summed E-state index contributed by atoms with van der Waals surface area (Å²) in [5.41, 5.74) is 0.996. The second-order valence-electron chi connectivity index (χ2n) is 11.7. The molecule has 0 saturated carbocycles. The number of ether oxygens (including phenoxy) is 4. The predicted octanol–water partition coefficient (Wildman–Crippen LogP) is 6.55. The fourth-order valence-electron chi connectivity index (χ4n) is 5.70. The molecule has 1 fully saturated rings. The summed E-state index contributed by atoms with van der Waals surface area (Å²) in [6.45, 7) is 10.2. The van der Waals surface area contributed by atoms with Crippen molar-refractivity contribution in [1.29, 1.82) is 0 Å². The van der Waals surface area contributed by atoms with Crippen molar-refractivity contribution >= 4 is 50.1 Å². The van der Waals surface area contributed by atoms with Crippen LogP contribution in [0.2, 0.25) is 13.3 Å². The summed E-state index contributed by atoms with van der Waals surface area (Å²) < 4.78 is 37.2. The molecule has 1 aliphatic rings. The van der Waals surface area contributed by atoms with Crippen LogP contribution < -0.4 is 4.46 Å². The Morgan fingerprint density at radius 2 is 1.27 bits per heavy atom. The van der Waals surface area contributed by atoms with Crippen molar-refractivity contribution in [3.63, 3.8) is 0 Å². The number of rotatable bonds is 19. The van der Waals surface area contributed by atoms with Gasteiger partial charge in [-0.15, -0.1) is 0 Å². The van der Waals surface area contributed by atoms with Crippen molar-refractivity contribution in [1.82, 2.24) is 0 Å². The summed E-state index contributed by atoms with van der Waals surface area (Å²) in [5, 5.41) is -0.477. The maximum absolute atomic E-state index is 12.5. The molecule has 3 rings (SSSR count). The molecular formula is C35H52O7SeSn. The van der Waals surface area contributed by atoms with Gasteiger partial charge in [0.25, 0.3) is 0 Å². The van der Waals surface area contributed by atoms with Crippen molar-refractivity contribution in [2.75, 3.05) is 6.61 Å². The number of carbonyl (C=O) groups excluding carboxylic acids is 2. The van der Waals surface area contributed by atoms with E-state index in [4.69, 9.17) is 22.0 Å². The van der Waals surface area contributed by atoms with Crippen LogP contribution in [0.4, 0.5) is 0 Å². The molecule has 2 aromatic carbocycles. The average molecular weight is 782 g/mol. The van der Waals surface area contributed by atoms with E-state index >= 15 is 0 Å². The molecule has 0 N–H and O–H groups in total. The summed E-state index contributed by atoms with van der Waals surface area (Å²) in [7, 11) is 0. The molecule has 0 spiro atoms. The van der Waals surface area contributed by atoms with Gasteiger partial charge >= 0.3 is 277 Å². The van der Waals surface area contributed by atoms with Crippen LogP contribution in [-0.4, -0.2) is 81.7 Å². The van der Waals surface area contributed by atoms with Gasteiger partial charge in [0.1, 0.15) is 0 Å². The standard InChI is InChI=1S/C23H25O7Se.3C4H9.Sn/c1-15(25)28-21-20(27-14-17-9-5-3-6-10-17)19(13-24)30-23(22(21)29-16(2)26)31-18-11-7-4-8-12-18;3*1-3-4-2;/h3-12,19-23H,13-14H2,1-2H3;3*1,3-4H2,2H3;/q-1;;;;+1/t19-,20-,21+,22-,23+;;;;/m1..../s1. The van der Waals surface area contributed by atoms with E-state index in [1.165, 1.54) is 46.4 Å². The molecule has 1 heterocycles. The third kappa shape index (κ3) is 12.1. The maximum atomic E-state index is 12.5. The molecule has 1 saturated heterocycles. The van der Waals surface area contributed by atoms with Gasteiger partial charge in [0.15, 0.2) is 0 Å². The zero-order chi connectivity index (χ0) is 31.8. The van der Waals surface area contributed by atoms with Gasteiger partial charge in [0, 0.05) is 0 Å². The SMILES string of the molecule is CCC[CH2][Sn]([CH2]CCC)([CH2]CCC)[O]C[C@H]1O[C@@H]([Se]c2ccccc2)[C@H](OC(C)=O)[C@@H](OC(C)=O)[C@@H]1OCc1ccccc1. The van der Waals surface area contributed by atoms with Gasteiger partial charge in [-0.2, -0.15) is 0 Å². The average Bonchev–Trinajstić information content (AvgIpc) is 3.02. The predicted molar refractivity (Wildman–Crippen MR) is 177 cm³/mol. The number of carbonyl (C=O) groups is 2. The van der Waals surface area contributed by atoms with Crippen LogP contribution in [0.15, 0.2) is 60.7 Å². The van der Waals surface area contributed by atoms with Crippen LogP contribution in [0.25, 0.3) is 0 Å². The quantitative estimate of drug-likeness (QED) is 0.118. The number of hydrogen-bond acceptors (Lipinski definition) is 7. The minimum absolute atomic E-state index is 0.227.